The van der Waals surface area contributed by atoms with Gasteiger partial charge in [0.25, 0.3) is 0 Å². The van der Waals surface area contributed by atoms with Gasteiger partial charge in [-0.1, -0.05) is 38.1 Å². The number of hydrogen-bond acceptors (Lipinski definition) is 6. The number of nitrogens with two attached hydrogens (primary N) is 1. The minimum absolute atomic E-state index is 0.138. The van der Waals surface area contributed by atoms with Gasteiger partial charge in [-0.25, -0.2) is 0 Å². The molecule has 2 aromatic carbocycles. The zero-order valence-corrected chi connectivity index (χ0v) is 28.6. The Morgan fingerprint density at radius 1 is 1.02 bits per heavy atom. The van der Waals surface area contributed by atoms with Gasteiger partial charge in [-0.2, -0.15) is 0 Å². The van der Waals surface area contributed by atoms with Crippen LogP contribution in [0.4, 0.5) is 0 Å². The number of nitrogens with zero attached hydrogens (tertiary/aromatic N) is 4. The monoisotopic (exact) mass is 631 g/mol. The van der Waals surface area contributed by atoms with Crippen molar-refractivity contribution in [1.82, 2.24) is 18.7 Å². The largest absolute Gasteiger partial charge is 0.497 e. The molecule has 4 aliphatic rings. The Morgan fingerprint density at radius 3 is 2.31 bits per heavy atom. The Balaban J connectivity index is 0.000000845. The fraction of sp³-hybridized carbons (Fsp3) is 0.556. The summed E-state index contributed by atoms with van der Waals surface area (Å²) >= 11 is 3.80. The van der Waals surface area contributed by atoms with Crippen molar-refractivity contribution in [2.75, 3.05) is 41.3 Å². The number of primary amides is 1. The first-order chi connectivity index (χ1) is 21.5. The molecule has 0 bridgehead atoms. The van der Waals surface area contributed by atoms with Crippen LogP contribution in [0.25, 0.3) is 22.2 Å². The summed E-state index contributed by atoms with van der Waals surface area (Å²) in [6, 6.07) is 13.0. The van der Waals surface area contributed by atoms with Crippen LogP contribution in [0.2, 0.25) is 0 Å². The molecule has 3 fully saturated rings. The number of rotatable bonds is 4. The topological polar surface area (TPSA) is 84.0 Å². The van der Waals surface area contributed by atoms with Crippen LogP contribution in [0.3, 0.4) is 0 Å². The molecule has 2 aliphatic carbocycles. The smallest absolute Gasteiger partial charge is 0.248 e. The maximum atomic E-state index is 14.6. The van der Waals surface area contributed by atoms with Gasteiger partial charge in [0.2, 0.25) is 11.8 Å². The number of ether oxygens (including phenoxy) is 1. The molecule has 2 amide bonds. The van der Waals surface area contributed by atoms with Crippen molar-refractivity contribution in [1.29, 1.82) is 0 Å². The van der Waals surface area contributed by atoms with Crippen LogP contribution in [0.5, 0.6) is 5.75 Å². The summed E-state index contributed by atoms with van der Waals surface area (Å²) in [7, 11) is 7.60. The first-order valence-corrected chi connectivity index (χ1v) is 16.9. The number of aromatic nitrogens is 1. The van der Waals surface area contributed by atoms with Crippen molar-refractivity contribution in [3.05, 3.63) is 53.1 Å². The number of piperazine rings is 1. The van der Waals surface area contributed by atoms with Crippen molar-refractivity contribution in [3.63, 3.8) is 0 Å². The van der Waals surface area contributed by atoms with E-state index in [-0.39, 0.29) is 11.8 Å². The lowest BCUT2D eigenvalue weighted by atomic mass is 9.81. The lowest BCUT2D eigenvalue weighted by Crippen LogP contribution is -2.58. The van der Waals surface area contributed by atoms with E-state index >= 15 is 0 Å². The molecule has 2 unspecified atom stereocenters. The molecule has 0 radical (unpaired) electrons. The molecule has 242 valence electrons. The Labute approximate surface area is 273 Å². The van der Waals surface area contributed by atoms with E-state index in [4.69, 9.17) is 10.5 Å². The molecule has 1 aromatic heterocycles. The molecule has 7 rings (SSSR count). The number of hydrogen-bond donors (Lipinski definition) is 2. The summed E-state index contributed by atoms with van der Waals surface area (Å²) in [4.78, 5) is 31.5. The number of thiol groups is 1. The van der Waals surface area contributed by atoms with Crippen LogP contribution in [0, 0.1) is 5.41 Å². The molecule has 3 aromatic rings. The van der Waals surface area contributed by atoms with E-state index in [1.165, 1.54) is 59.9 Å². The van der Waals surface area contributed by atoms with Crippen LogP contribution in [-0.4, -0.2) is 83.9 Å². The van der Waals surface area contributed by atoms with E-state index in [9.17, 15) is 9.59 Å². The maximum Gasteiger partial charge on any atom is 0.248 e. The van der Waals surface area contributed by atoms with E-state index in [0.717, 1.165) is 30.8 Å². The lowest BCUT2D eigenvalue weighted by molar-refractivity contribution is -0.141. The number of carbonyl (C=O) groups is 2. The predicted molar refractivity (Wildman–Crippen MR) is 184 cm³/mol. The van der Waals surface area contributed by atoms with Gasteiger partial charge in [-0.3, -0.25) is 18.8 Å². The lowest BCUT2D eigenvalue weighted by Gasteiger charge is -2.43. The van der Waals surface area contributed by atoms with Crippen LogP contribution in [0.1, 0.15) is 85.7 Å². The number of fused-ring (bicyclic) bond motifs is 7. The molecule has 3 heterocycles. The second-order valence-electron chi connectivity index (χ2n) is 14.1. The minimum Gasteiger partial charge on any atom is -0.497 e. The minimum atomic E-state index is -0.514. The van der Waals surface area contributed by atoms with Crippen molar-refractivity contribution in [3.8, 4) is 17.0 Å². The van der Waals surface area contributed by atoms with Gasteiger partial charge in [-0.05, 0) is 102 Å². The average Bonchev–Trinajstić information content (AvgIpc) is 3.69. The number of carbonyl (C=O) groups excluding carboxylic acids is 2. The van der Waals surface area contributed by atoms with Gasteiger partial charge < -0.3 is 19.9 Å². The highest BCUT2D eigenvalue weighted by Crippen LogP contribution is 2.66. The van der Waals surface area contributed by atoms with Gasteiger partial charge in [0.1, 0.15) is 5.75 Å². The van der Waals surface area contributed by atoms with E-state index in [2.05, 4.69) is 72.3 Å². The molecule has 4 atom stereocenters. The molecule has 8 nitrogen and oxygen atoms in total. The third-order valence-electron chi connectivity index (χ3n) is 10.9. The predicted octanol–water partition coefficient (Wildman–Crippen LogP) is 5.89. The van der Waals surface area contributed by atoms with Gasteiger partial charge in [0.05, 0.1) is 18.2 Å². The SMILES string of the molecule is CN(C)S.COc1ccc2c(c1)C1CC1(C(=O)N1C[C@@H](C)N(C)[C@@H](C)C1)Cn1c-2c(C2CCCCC2)c2ccc(C(N)=O)cc21. The molecular formula is C36H49N5O3S. The Hall–Kier alpha value is -3.01. The van der Waals surface area contributed by atoms with Crippen molar-refractivity contribution >= 4 is 35.5 Å². The first-order valence-electron chi connectivity index (χ1n) is 16.5. The number of likely N-dealkylation sites (N-methyl/N-ethyl adjacent to an activating group) is 1. The van der Waals surface area contributed by atoms with E-state index < -0.39 is 11.3 Å². The van der Waals surface area contributed by atoms with Gasteiger partial charge >= 0.3 is 0 Å². The quantitative estimate of drug-likeness (QED) is 0.351. The third-order valence-corrected chi connectivity index (χ3v) is 10.9. The summed E-state index contributed by atoms with van der Waals surface area (Å²) in [6.45, 7) is 6.54. The van der Waals surface area contributed by atoms with Gasteiger partial charge in [0.15, 0.2) is 0 Å². The fourth-order valence-electron chi connectivity index (χ4n) is 8.32. The maximum absolute atomic E-state index is 14.6. The fourth-order valence-corrected chi connectivity index (χ4v) is 8.32. The summed E-state index contributed by atoms with van der Waals surface area (Å²) in [5, 5.41) is 1.20. The molecule has 2 saturated carbocycles. The van der Waals surface area contributed by atoms with E-state index in [1.807, 2.05) is 26.2 Å². The summed E-state index contributed by atoms with van der Waals surface area (Å²) in [5.74, 6) is 1.27. The van der Waals surface area contributed by atoms with Crippen LogP contribution < -0.4 is 10.5 Å². The highest BCUT2D eigenvalue weighted by atomic mass is 32.1. The van der Waals surface area contributed by atoms with Gasteiger partial charge in [-0.15, -0.1) is 0 Å². The first kappa shape index (κ1) is 32.0. The van der Waals surface area contributed by atoms with Crippen molar-refractivity contribution < 1.29 is 14.3 Å². The van der Waals surface area contributed by atoms with Crippen molar-refractivity contribution in [2.45, 2.75) is 82.8 Å². The van der Waals surface area contributed by atoms with Crippen LogP contribution in [0.15, 0.2) is 36.4 Å². The van der Waals surface area contributed by atoms with Gasteiger partial charge in [0, 0.05) is 59.7 Å². The number of methoxy groups -OCH3 is 1. The highest BCUT2D eigenvalue weighted by molar-refractivity contribution is 7.77. The Kier molecular flexibility index (Phi) is 8.74. The summed E-state index contributed by atoms with van der Waals surface area (Å²) < 4.78 is 9.80. The number of amides is 2. The second kappa shape index (κ2) is 12.3. The molecular weight excluding hydrogens is 582 g/mol. The highest BCUT2D eigenvalue weighted by Gasteiger charge is 2.64. The summed E-state index contributed by atoms with van der Waals surface area (Å²) in [5.41, 5.74) is 11.9. The average molecular weight is 632 g/mol. The molecule has 2 aliphatic heterocycles. The van der Waals surface area contributed by atoms with Crippen LogP contribution >= 0.6 is 12.8 Å². The normalized spacial score (nSPS) is 26.3. The van der Waals surface area contributed by atoms with Crippen LogP contribution in [-0.2, 0) is 11.3 Å². The van der Waals surface area contributed by atoms with E-state index in [1.54, 1.807) is 11.4 Å². The Bertz CT molecular complexity index is 1600. The van der Waals surface area contributed by atoms with Crippen molar-refractivity contribution in [2.24, 2.45) is 11.1 Å². The zero-order chi connectivity index (χ0) is 32.2. The summed E-state index contributed by atoms with van der Waals surface area (Å²) in [6.07, 6.45) is 6.91. The second-order valence-corrected chi connectivity index (χ2v) is 14.9. The Morgan fingerprint density at radius 2 is 1.69 bits per heavy atom. The molecule has 9 heteroatoms. The third kappa shape index (κ3) is 5.65. The molecule has 45 heavy (non-hydrogen) atoms. The standard InChI is InChI=1S/C34H42N4O3.C2H7NS/c1-20-17-37(18-21(2)36(20)3)33(40)34-16-28(34)27-15-24(41-4)11-13-25(27)31-30(22-8-6-5-7-9-22)26-12-10-23(32(35)39)14-29(26)38(31)19-34;1-3(2)4/h10-15,20-22,28H,5-9,16-19H2,1-4H3,(H2,35,39);4H,1-2H3/t20-,21+,28?,34?;. The number of benzene rings is 2. The molecule has 2 N–H and O–H groups in total. The molecule has 1 saturated heterocycles. The van der Waals surface area contributed by atoms with E-state index in [0.29, 0.717) is 30.1 Å². The molecule has 0 spiro atoms. The zero-order valence-electron chi connectivity index (χ0n) is 27.7.